The lowest BCUT2D eigenvalue weighted by molar-refractivity contribution is 0.0989. The van der Waals surface area contributed by atoms with Gasteiger partial charge in [-0.1, -0.05) is 18.2 Å². The van der Waals surface area contributed by atoms with E-state index >= 15 is 0 Å². The molecule has 0 radical (unpaired) electrons. The number of hydrogen-bond acceptors (Lipinski definition) is 3. The Morgan fingerprint density at radius 2 is 2.05 bits per heavy atom. The average molecular weight is 290 g/mol. The van der Waals surface area contributed by atoms with Crippen LogP contribution in [0.5, 0.6) is 0 Å². The molecule has 0 saturated heterocycles. The van der Waals surface area contributed by atoms with E-state index in [4.69, 9.17) is 0 Å². The highest BCUT2D eigenvalue weighted by atomic mass is 16.2. The number of pyridine rings is 1. The number of anilines is 1. The molecule has 1 amide bonds. The van der Waals surface area contributed by atoms with Crippen LogP contribution in [0.3, 0.4) is 0 Å². The van der Waals surface area contributed by atoms with Crippen LogP contribution in [0.2, 0.25) is 0 Å². The van der Waals surface area contributed by atoms with Crippen molar-refractivity contribution in [1.82, 2.24) is 14.5 Å². The van der Waals surface area contributed by atoms with Crippen LogP contribution in [-0.2, 0) is 6.42 Å². The van der Waals surface area contributed by atoms with Crippen molar-refractivity contribution in [1.29, 1.82) is 0 Å². The van der Waals surface area contributed by atoms with Gasteiger partial charge in [0, 0.05) is 30.8 Å². The zero-order valence-corrected chi connectivity index (χ0v) is 11.9. The minimum absolute atomic E-state index is 0.00497. The SMILES string of the molecule is O=C(c1ccc(-n2ccnc2)nc1)N1CCc2ccccc21. The third kappa shape index (κ3) is 2.07. The molecule has 1 aliphatic heterocycles. The molecule has 22 heavy (non-hydrogen) atoms. The summed E-state index contributed by atoms with van der Waals surface area (Å²) in [5.74, 6) is 0.741. The number of carbonyl (C=O) groups excluding carboxylic acids is 1. The Labute approximate surface area is 127 Å². The highest BCUT2D eigenvalue weighted by Gasteiger charge is 2.25. The molecule has 0 aliphatic carbocycles. The zero-order valence-electron chi connectivity index (χ0n) is 11.9. The number of rotatable bonds is 2. The molecule has 3 aromatic rings. The van der Waals surface area contributed by atoms with Gasteiger partial charge in [-0.3, -0.25) is 9.36 Å². The van der Waals surface area contributed by atoms with E-state index in [0.717, 1.165) is 24.5 Å². The number of fused-ring (bicyclic) bond motifs is 1. The second-order valence-corrected chi connectivity index (χ2v) is 5.21. The fourth-order valence-electron chi connectivity index (χ4n) is 2.76. The number of benzene rings is 1. The van der Waals surface area contributed by atoms with E-state index in [2.05, 4.69) is 16.0 Å². The first-order valence-corrected chi connectivity index (χ1v) is 7.17. The van der Waals surface area contributed by atoms with E-state index in [-0.39, 0.29) is 5.91 Å². The van der Waals surface area contributed by atoms with Crippen molar-refractivity contribution in [2.24, 2.45) is 0 Å². The van der Waals surface area contributed by atoms with Crippen LogP contribution in [0, 0.1) is 0 Å². The minimum atomic E-state index is -0.00497. The number of imidazole rings is 1. The summed E-state index contributed by atoms with van der Waals surface area (Å²) >= 11 is 0. The molecule has 0 saturated carbocycles. The van der Waals surface area contributed by atoms with Crippen molar-refractivity contribution in [3.63, 3.8) is 0 Å². The van der Waals surface area contributed by atoms with E-state index in [1.807, 2.05) is 41.4 Å². The summed E-state index contributed by atoms with van der Waals surface area (Å²) in [6.45, 7) is 0.724. The molecular weight excluding hydrogens is 276 g/mol. The van der Waals surface area contributed by atoms with E-state index in [9.17, 15) is 4.79 Å². The van der Waals surface area contributed by atoms with Crippen molar-refractivity contribution in [2.45, 2.75) is 6.42 Å². The standard InChI is InChI=1S/C17H14N4O/c22-17(21-9-7-13-3-1-2-4-15(13)21)14-5-6-16(19-11-14)20-10-8-18-12-20/h1-6,8,10-12H,7,9H2. The normalized spacial score (nSPS) is 13.2. The van der Waals surface area contributed by atoms with Crippen LogP contribution in [0.15, 0.2) is 61.3 Å². The molecule has 108 valence electrons. The summed E-state index contributed by atoms with van der Waals surface area (Å²) in [5.41, 5.74) is 2.82. The first-order chi connectivity index (χ1) is 10.8. The molecule has 4 rings (SSSR count). The quantitative estimate of drug-likeness (QED) is 0.728. The highest BCUT2D eigenvalue weighted by Crippen LogP contribution is 2.28. The molecule has 0 spiro atoms. The lowest BCUT2D eigenvalue weighted by Crippen LogP contribution is -2.28. The second kappa shape index (κ2) is 5.11. The molecule has 1 aliphatic rings. The molecule has 0 N–H and O–H groups in total. The lowest BCUT2D eigenvalue weighted by Gasteiger charge is -2.17. The van der Waals surface area contributed by atoms with Crippen LogP contribution in [-0.4, -0.2) is 27.0 Å². The number of nitrogens with zero attached hydrogens (tertiary/aromatic N) is 4. The number of aromatic nitrogens is 3. The molecule has 0 bridgehead atoms. The monoisotopic (exact) mass is 290 g/mol. The van der Waals surface area contributed by atoms with Gasteiger partial charge in [0.2, 0.25) is 0 Å². The van der Waals surface area contributed by atoms with Crippen molar-refractivity contribution >= 4 is 11.6 Å². The third-order valence-corrected chi connectivity index (χ3v) is 3.90. The van der Waals surface area contributed by atoms with Gasteiger partial charge in [0.05, 0.1) is 5.56 Å². The van der Waals surface area contributed by atoms with Crippen molar-refractivity contribution in [3.8, 4) is 5.82 Å². The van der Waals surface area contributed by atoms with Gasteiger partial charge in [-0.05, 0) is 30.2 Å². The molecule has 3 heterocycles. The predicted molar refractivity (Wildman–Crippen MR) is 83.2 cm³/mol. The summed E-state index contributed by atoms with van der Waals surface area (Å²) in [6, 6.07) is 11.7. The molecule has 0 fully saturated rings. The van der Waals surface area contributed by atoms with Crippen LogP contribution >= 0.6 is 0 Å². The van der Waals surface area contributed by atoms with Crippen LogP contribution in [0.1, 0.15) is 15.9 Å². The Balaban J connectivity index is 1.61. The maximum Gasteiger partial charge on any atom is 0.259 e. The Bertz CT molecular complexity index is 809. The van der Waals surface area contributed by atoms with Gasteiger partial charge in [0.15, 0.2) is 0 Å². The third-order valence-electron chi connectivity index (χ3n) is 3.90. The van der Waals surface area contributed by atoms with E-state index in [0.29, 0.717) is 5.56 Å². The number of para-hydroxylation sites is 1. The van der Waals surface area contributed by atoms with Crippen LogP contribution in [0.4, 0.5) is 5.69 Å². The molecule has 5 nitrogen and oxygen atoms in total. The molecular formula is C17H14N4O. The van der Waals surface area contributed by atoms with Crippen molar-refractivity contribution in [2.75, 3.05) is 11.4 Å². The summed E-state index contributed by atoms with van der Waals surface area (Å²) in [7, 11) is 0. The van der Waals surface area contributed by atoms with Crippen molar-refractivity contribution in [3.05, 3.63) is 72.4 Å². The summed E-state index contributed by atoms with van der Waals surface area (Å²) in [4.78, 5) is 22.8. The Hall–Kier alpha value is -2.95. The summed E-state index contributed by atoms with van der Waals surface area (Å²) in [6.07, 6.45) is 7.73. The Kier molecular flexibility index (Phi) is 2.96. The van der Waals surface area contributed by atoms with Gasteiger partial charge in [-0.25, -0.2) is 9.97 Å². The minimum Gasteiger partial charge on any atom is -0.308 e. The lowest BCUT2D eigenvalue weighted by atomic mass is 10.2. The first kappa shape index (κ1) is 12.8. The summed E-state index contributed by atoms with van der Waals surface area (Å²) in [5, 5.41) is 0. The maximum atomic E-state index is 12.7. The van der Waals surface area contributed by atoms with Crippen LogP contribution < -0.4 is 4.90 Å². The topological polar surface area (TPSA) is 51.0 Å². The highest BCUT2D eigenvalue weighted by molar-refractivity contribution is 6.07. The van der Waals surface area contributed by atoms with Gasteiger partial charge in [0.1, 0.15) is 12.1 Å². The Morgan fingerprint density at radius 1 is 1.14 bits per heavy atom. The van der Waals surface area contributed by atoms with Gasteiger partial charge < -0.3 is 4.90 Å². The maximum absolute atomic E-state index is 12.7. The Morgan fingerprint density at radius 3 is 2.82 bits per heavy atom. The zero-order chi connectivity index (χ0) is 14.9. The van der Waals surface area contributed by atoms with Gasteiger partial charge in [-0.15, -0.1) is 0 Å². The number of carbonyl (C=O) groups is 1. The predicted octanol–water partition coefficient (Wildman–Crippen LogP) is 2.47. The largest absolute Gasteiger partial charge is 0.308 e. The van der Waals surface area contributed by atoms with Gasteiger partial charge in [-0.2, -0.15) is 0 Å². The molecule has 0 unspecified atom stereocenters. The van der Waals surface area contributed by atoms with Gasteiger partial charge >= 0.3 is 0 Å². The van der Waals surface area contributed by atoms with Crippen molar-refractivity contribution < 1.29 is 4.79 Å². The second-order valence-electron chi connectivity index (χ2n) is 5.21. The molecule has 0 atom stereocenters. The number of hydrogen-bond donors (Lipinski definition) is 0. The van der Waals surface area contributed by atoms with E-state index in [1.165, 1.54) is 5.56 Å². The average Bonchev–Trinajstić information content (AvgIpc) is 3.24. The number of amides is 1. The smallest absolute Gasteiger partial charge is 0.259 e. The first-order valence-electron chi connectivity index (χ1n) is 7.17. The summed E-state index contributed by atoms with van der Waals surface area (Å²) < 4.78 is 1.80. The van der Waals surface area contributed by atoms with E-state index in [1.54, 1.807) is 23.3 Å². The van der Waals surface area contributed by atoms with Crippen LogP contribution in [0.25, 0.3) is 5.82 Å². The molecule has 5 heteroatoms. The molecule has 2 aromatic heterocycles. The van der Waals surface area contributed by atoms with E-state index < -0.39 is 0 Å². The fraction of sp³-hybridized carbons (Fsp3) is 0.118. The molecule has 1 aromatic carbocycles. The van der Waals surface area contributed by atoms with Gasteiger partial charge in [0.25, 0.3) is 5.91 Å². The fourth-order valence-corrected chi connectivity index (χ4v) is 2.76.